The number of allylic oxidation sites excluding steroid dienone is 25. The lowest BCUT2D eigenvalue weighted by molar-refractivity contribution is -0.161. The molecule has 0 rings (SSSR count). The van der Waals surface area contributed by atoms with Crippen molar-refractivity contribution in [2.45, 2.75) is 290 Å². The number of hydrogen-bond acceptors (Lipinski definition) is 15. The molecule has 0 radical (unpaired) electrons. The normalized spacial score (nSPS) is 14.8. The van der Waals surface area contributed by atoms with E-state index in [-0.39, 0.29) is 25.7 Å². The molecule has 0 bridgehead atoms. The van der Waals surface area contributed by atoms with E-state index in [4.69, 9.17) is 37.0 Å². The lowest BCUT2D eigenvalue weighted by atomic mass is 10.0. The van der Waals surface area contributed by atoms with Crippen molar-refractivity contribution >= 4 is 39.5 Å². The fourth-order valence-corrected chi connectivity index (χ4v) is 11.0. The van der Waals surface area contributed by atoms with Crippen LogP contribution in [0.3, 0.4) is 0 Å². The van der Waals surface area contributed by atoms with Gasteiger partial charge in [0, 0.05) is 19.3 Å². The number of aliphatic hydroxyl groups is 1. The minimum atomic E-state index is -5.01. The first-order valence-electron chi connectivity index (χ1n) is 37.7. The smallest absolute Gasteiger partial charge is 0.462 e. The van der Waals surface area contributed by atoms with Gasteiger partial charge >= 0.3 is 39.5 Å². The second kappa shape index (κ2) is 72.0. The first-order valence-corrected chi connectivity index (χ1v) is 40.7. The van der Waals surface area contributed by atoms with Crippen LogP contribution in [0, 0.1) is 0 Å². The summed E-state index contributed by atoms with van der Waals surface area (Å²) in [4.78, 5) is 72.8. The van der Waals surface area contributed by atoms with Gasteiger partial charge in [0.2, 0.25) is 0 Å². The van der Waals surface area contributed by atoms with Crippen LogP contribution in [0.2, 0.25) is 0 Å². The van der Waals surface area contributed by atoms with Gasteiger partial charge in [-0.3, -0.25) is 37.3 Å². The molecule has 5 unspecified atom stereocenters. The standard InChI is InChI=1S/C81H132O17P2/c1-5-9-13-17-21-25-29-33-36-37-40-43-46-50-54-58-62-66-79(84)92-71-76(97-80(85)67-63-59-55-51-47-41-32-28-24-20-16-12-8-4)73-95-99(87,88)93-69-75(82)70-94-100(89,90)96-74-77(98-81(86)68-64-60-56-52-48-44-39-35-31-27-23-19-15-11-7-3)72-91-78(83)65-61-57-53-49-45-42-38-34-30-26-22-18-14-10-6-2/h9-11,13-15,21-23,25-27,33-36,38-40,43,45,48-49,52,57,61,75-77,82H,5-8,12,16-20,24,28-32,37,41-42,44,46-47,50-51,53-56,58-60,62-74H2,1-4H3,(H,87,88)(H,89,90)/b13-9-,14-10-,15-11-,25-21-,26-22-,27-23-,36-33-,38-34-,39-35-,43-40-,49-45-,52-48-,61-57-. The van der Waals surface area contributed by atoms with E-state index in [1.165, 1.54) is 51.4 Å². The number of aliphatic hydroxyl groups excluding tert-OH is 1. The van der Waals surface area contributed by atoms with E-state index in [0.29, 0.717) is 32.1 Å². The molecule has 568 valence electrons. The number of phosphoric ester groups is 2. The van der Waals surface area contributed by atoms with Gasteiger partial charge in [-0.2, -0.15) is 0 Å². The number of rotatable bonds is 69. The molecule has 0 fully saturated rings. The number of ether oxygens (including phenoxy) is 4. The minimum Gasteiger partial charge on any atom is -0.462 e. The minimum absolute atomic E-state index is 0.0179. The average Bonchev–Trinajstić information content (AvgIpc) is 0.988. The molecule has 0 saturated heterocycles. The summed E-state index contributed by atoms with van der Waals surface area (Å²) in [6, 6.07) is 0. The fraction of sp³-hybridized carbons (Fsp3) is 0.630. The molecular weight excluding hydrogens is 1310 g/mol. The van der Waals surface area contributed by atoms with Crippen molar-refractivity contribution in [3.05, 3.63) is 158 Å². The molecule has 5 atom stereocenters. The molecule has 3 N–H and O–H groups in total. The highest BCUT2D eigenvalue weighted by Crippen LogP contribution is 2.45. The third kappa shape index (κ3) is 71.1. The predicted molar refractivity (Wildman–Crippen MR) is 408 cm³/mol. The van der Waals surface area contributed by atoms with E-state index in [0.717, 1.165) is 135 Å². The van der Waals surface area contributed by atoms with E-state index in [2.05, 4.69) is 155 Å². The van der Waals surface area contributed by atoms with E-state index in [1.54, 1.807) is 6.08 Å². The van der Waals surface area contributed by atoms with Gasteiger partial charge < -0.3 is 33.8 Å². The van der Waals surface area contributed by atoms with Gasteiger partial charge in [-0.25, -0.2) is 9.13 Å². The van der Waals surface area contributed by atoms with Crippen molar-refractivity contribution in [1.29, 1.82) is 0 Å². The van der Waals surface area contributed by atoms with Crippen molar-refractivity contribution in [3.8, 4) is 0 Å². The van der Waals surface area contributed by atoms with E-state index in [1.807, 2.05) is 24.3 Å². The summed E-state index contributed by atoms with van der Waals surface area (Å²) in [6.07, 6.45) is 82.7. The summed E-state index contributed by atoms with van der Waals surface area (Å²) in [5.74, 6) is -2.41. The predicted octanol–water partition coefficient (Wildman–Crippen LogP) is 21.7. The Balaban J connectivity index is 5.48. The zero-order valence-corrected chi connectivity index (χ0v) is 63.6. The molecule has 0 aromatic carbocycles. The van der Waals surface area contributed by atoms with Gasteiger partial charge in [-0.05, 0) is 128 Å². The first kappa shape index (κ1) is 94.7. The number of esters is 4. The van der Waals surface area contributed by atoms with Crippen molar-refractivity contribution in [1.82, 2.24) is 0 Å². The summed E-state index contributed by atoms with van der Waals surface area (Å²) in [5.41, 5.74) is 0. The summed E-state index contributed by atoms with van der Waals surface area (Å²) in [7, 11) is -10.0. The van der Waals surface area contributed by atoms with Crippen LogP contribution in [-0.4, -0.2) is 96.7 Å². The zero-order chi connectivity index (χ0) is 73.2. The molecule has 17 nitrogen and oxygen atoms in total. The van der Waals surface area contributed by atoms with Crippen LogP contribution in [0.15, 0.2) is 158 Å². The number of phosphoric acid groups is 2. The van der Waals surface area contributed by atoms with Crippen molar-refractivity contribution in [2.75, 3.05) is 39.6 Å². The second-order valence-corrected chi connectivity index (χ2v) is 27.4. The highest BCUT2D eigenvalue weighted by Gasteiger charge is 2.30. The summed E-state index contributed by atoms with van der Waals surface area (Å²) in [5, 5.41) is 10.6. The lowest BCUT2D eigenvalue weighted by Gasteiger charge is -2.21. The third-order valence-electron chi connectivity index (χ3n) is 15.0. The Labute approximate surface area is 604 Å². The zero-order valence-electron chi connectivity index (χ0n) is 61.8. The van der Waals surface area contributed by atoms with Crippen molar-refractivity contribution in [2.24, 2.45) is 0 Å². The maximum atomic E-state index is 13.1. The number of carbonyl (C=O) groups excluding carboxylic acids is 4. The average molecular weight is 1440 g/mol. The monoisotopic (exact) mass is 1440 g/mol. The Morgan fingerprint density at radius 3 is 0.910 bits per heavy atom. The first-order chi connectivity index (χ1) is 48.7. The lowest BCUT2D eigenvalue weighted by Crippen LogP contribution is -2.30. The molecular formula is C81H132O17P2. The SMILES string of the molecule is CC/C=C\C/C=C\C/C=C\C/C=C\C/C=C\CC(=O)OCC(COP(=O)(O)OCC(O)COP(=O)(O)OCC(COC(=O)CCCCCC/C=C\C/C=C\C/C=C\C/C=C\CC)OC(=O)CCCCCCCCCCCCCCC)OC(=O)CCCC/C=C\C/C=C\C/C=C\C/C=C\CC. The molecule has 0 aliphatic heterocycles. The molecule has 0 spiro atoms. The molecule has 0 heterocycles. The maximum absolute atomic E-state index is 13.1. The quantitative estimate of drug-likeness (QED) is 0.0169. The van der Waals surface area contributed by atoms with Crippen LogP contribution in [0.25, 0.3) is 0 Å². The van der Waals surface area contributed by atoms with Gasteiger partial charge in [0.25, 0.3) is 0 Å². The Morgan fingerprint density at radius 2 is 0.560 bits per heavy atom. The van der Waals surface area contributed by atoms with Crippen LogP contribution < -0.4 is 0 Å². The molecule has 19 heteroatoms. The fourth-order valence-electron chi connectivity index (χ4n) is 9.39. The molecule has 0 saturated carbocycles. The number of carbonyl (C=O) groups is 4. The van der Waals surface area contributed by atoms with Gasteiger partial charge in [-0.1, -0.05) is 276 Å². The number of hydrogen-bond donors (Lipinski definition) is 3. The summed E-state index contributed by atoms with van der Waals surface area (Å²) in [6.45, 7) is 4.32. The Bertz CT molecular complexity index is 2520. The van der Waals surface area contributed by atoms with E-state index >= 15 is 0 Å². The van der Waals surface area contributed by atoms with Crippen molar-refractivity contribution < 1.29 is 80.2 Å². The molecule has 0 aliphatic rings. The van der Waals surface area contributed by atoms with Crippen molar-refractivity contribution in [3.63, 3.8) is 0 Å². The molecule has 0 aliphatic carbocycles. The van der Waals surface area contributed by atoms with E-state index in [9.17, 15) is 43.2 Å². The molecule has 0 aromatic heterocycles. The topological polar surface area (TPSA) is 237 Å². The summed E-state index contributed by atoms with van der Waals surface area (Å²) < 4.78 is 68.3. The van der Waals surface area contributed by atoms with Gasteiger partial charge in [0.15, 0.2) is 12.2 Å². The Morgan fingerprint density at radius 1 is 0.300 bits per heavy atom. The van der Waals surface area contributed by atoms with E-state index < -0.39 is 97.5 Å². The van der Waals surface area contributed by atoms with Crippen LogP contribution in [0.5, 0.6) is 0 Å². The highest BCUT2D eigenvalue weighted by molar-refractivity contribution is 7.47. The maximum Gasteiger partial charge on any atom is 0.472 e. The van der Waals surface area contributed by atoms with Crippen LogP contribution in [-0.2, 0) is 65.4 Å². The summed E-state index contributed by atoms with van der Waals surface area (Å²) >= 11 is 0. The van der Waals surface area contributed by atoms with Crippen LogP contribution in [0.4, 0.5) is 0 Å². The Kier molecular flexibility index (Phi) is 68.2. The van der Waals surface area contributed by atoms with Crippen LogP contribution >= 0.6 is 15.6 Å². The molecule has 100 heavy (non-hydrogen) atoms. The largest absolute Gasteiger partial charge is 0.472 e. The number of unbranched alkanes of at least 4 members (excludes halogenated alkanes) is 18. The van der Waals surface area contributed by atoms with Gasteiger partial charge in [-0.15, -0.1) is 0 Å². The third-order valence-corrected chi connectivity index (χ3v) is 16.9. The Hall–Kier alpha value is -5.32. The van der Waals surface area contributed by atoms with Gasteiger partial charge in [0.05, 0.1) is 32.8 Å². The molecule has 0 aromatic rings. The highest BCUT2D eigenvalue weighted by atomic mass is 31.2. The second-order valence-electron chi connectivity index (χ2n) is 24.5. The van der Waals surface area contributed by atoms with Crippen LogP contribution in [0.1, 0.15) is 272 Å². The van der Waals surface area contributed by atoms with Gasteiger partial charge in [0.1, 0.15) is 19.3 Å². The molecule has 0 amide bonds.